The number of nitrogens with zero attached hydrogens (tertiary/aromatic N) is 3. The van der Waals surface area contributed by atoms with Gasteiger partial charge < -0.3 is 14.8 Å². The molecule has 9 nitrogen and oxygen atoms in total. The van der Waals surface area contributed by atoms with E-state index in [1.807, 2.05) is 17.7 Å². The Balaban J connectivity index is 1.62. The van der Waals surface area contributed by atoms with Crippen molar-refractivity contribution in [2.75, 3.05) is 13.7 Å². The number of benzene rings is 1. The number of unbranched alkanes of at least 4 members (excludes halogenated alkanes) is 1. The summed E-state index contributed by atoms with van der Waals surface area (Å²) in [5.41, 5.74) is 2.96. The van der Waals surface area contributed by atoms with Gasteiger partial charge in [0.05, 0.1) is 34.3 Å². The van der Waals surface area contributed by atoms with Gasteiger partial charge in [-0.3, -0.25) is 14.9 Å². The smallest absolute Gasteiger partial charge is 0.286 e. The molecule has 11 heteroatoms. The fourth-order valence-corrected chi connectivity index (χ4v) is 4.19. The zero-order valence-corrected chi connectivity index (χ0v) is 18.8. The Bertz CT molecular complexity index is 1040. The van der Waals surface area contributed by atoms with Crippen molar-refractivity contribution in [1.82, 2.24) is 15.3 Å². The first kappa shape index (κ1) is 22.6. The van der Waals surface area contributed by atoms with Crippen LogP contribution in [0.1, 0.15) is 39.6 Å². The van der Waals surface area contributed by atoms with E-state index in [0.29, 0.717) is 12.2 Å². The van der Waals surface area contributed by atoms with Gasteiger partial charge >= 0.3 is 0 Å². The lowest BCUT2D eigenvalue weighted by Crippen LogP contribution is -2.25. The maximum absolute atomic E-state index is 12.6. The summed E-state index contributed by atoms with van der Waals surface area (Å²) >= 11 is 3.05. The van der Waals surface area contributed by atoms with Gasteiger partial charge in [0.25, 0.3) is 11.6 Å². The van der Waals surface area contributed by atoms with Gasteiger partial charge in [0.1, 0.15) is 12.2 Å². The number of aromatic nitrogens is 2. The molecule has 2 aromatic heterocycles. The number of rotatable bonds is 11. The van der Waals surface area contributed by atoms with E-state index in [4.69, 9.17) is 9.47 Å². The van der Waals surface area contributed by atoms with Crippen LogP contribution in [0.15, 0.2) is 28.4 Å². The number of amides is 1. The number of aryl methyl sites for hydroxylation is 2. The second-order valence-electron chi connectivity index (χ2n) is 6.64. The van der Waals surface area contributed by atoms with Gasteiger partial charge in [-0.25, -0.2) is 9.97 Å². The van der Waals surface area contributed by atoms with Crippen molar-refractivity contribution < 1.29 is 19.2 Å². The largest absolute Gasteiger partial charge is 0.493 e. The maximum atomic E-state index is 12.6. The number of hydrogen-bond acceptors (Lipinski definition) is 9. The molecule has 3 aromatic rings. The molecule has 1 amide bonds. The third-order valence-electron chi connectivity index (χ3n) is 4.35. The highest BCUT2D eigenvalue weighted by Crippen LogP contribution is 2.35. The Morgan fingerprint density at radius 1 is 1.26 bits per heavy atom. The molecule has 0 spiro atoms. The number of nitro benzene ring substituents is 1. The van der Waals surface area contributed by atoms with Crippen LogP contribution < -0.4 is 14.8 Å². The van der Waals surface area contributed by atoms with Crippen molar-refractivity contribution in [2.24, 2.45) is 0 Å². The number of nitrogens with one attached hydrogen (secondary N) is 1. The fourth-order valence-electron chi connectivity index (χ4n) is 2.83. The van der Waals surface area contributed by atoms with Crippen LogP contribution in [0.5, 0.6) is 11.5 Å². The van der Waals surface area contributed by atoms with Gasteiger partial charge in [0, 0.05) is 29.1 Å². The zero-order chi connectivity index (χ0) is 22.2. The predicted octanol–water partition coefficient (Wildman–Crippen LogP) is 4.16. The van der Waals surface area contributed by atoms with E-state index in [-0.39, 0.29) is 29.4 Å². The molecule has 0 aliphatic rings. The molecule has 164 valence electrons. The Labute approximate surface area is 187 Å². The van der Waals surface area contributed by atoms with Crippen LogP contribution in [0.25, 0.3) is 0 Å². The molecule has 0 bridgehead atoms. The highest BCUT2D eigenvalue weighted by Gasteiger charge is 2.24. The summed E-state index contributed by atoms with van der Waals surface area (Å²) in [7, 11) is 1.42. The number of hydrogen-bond donors (Lipinski definition) is 1. The second kappa shape index (κ2) is 10.8. The molecule has 3 rings (SSSR count). The van der Waals surface area contributed by atoms with Crippen molar-refractivity contribution in [3.8, 4) is 11.5 Å². The molecule has 0 saturated heterocycles. The predicted molar refractivity (Wildman–Crippen MR) is 118 cm³/mol. The van der Waals surface area contributed by atoms with Crippen LogP contribution in [-0.2, 0) is 13.0 Å². The van der Waals surface area contributed by atoms with E-state index < -0.39 is 10.8 Å². The Morgan fingerprint density at radius 3 is 2.74 bits per heavy atom. The van der Waals surface area contributed by atoms with Crippen LogP contribution in [0.3, 0.4) is 0 Å². The summed E-state index contributed by atoms with van der Waals surface area (Å²) in [5.74, 6) is -0.108. The molecule has 0 saturated carbocycles. The second-order valence-corrected chi connectivity index (χ2v) is 8.30. The van der Waals surface area contributed by atoms with E-state index in [1.165, 1.54) is 30.6 Å². The van der Waals surface area contributed by atoms with Crippen molar-refractivity contribution in [1.29, 1.82) is 0 Å². The number of methoxy groups -OCH3 is 1. The summed E-state index contributed by atoms with van der Waals surface area (Å²) in [6, 6.07) is 2.55. The lowest BCUT2D eigenvalue weighted by molar-refractivity contribution is -0.385. The number of ether oxygens (including phenoxy) is 2. The minimum Gasteiger partial charge on any atom is -0.493 e. The maximum Gasteiger partial charge on any atom is 0.286 e. The Hall–Kier alpha value is -3.05. The van der Waals surface area contributed by atoms with Gasteiger partial charge in [-0.1, -0.05) is 0 Å². The highest BCUT2D eigenvalue weighted by molar-refractivity contribution is 7.09. The first-order valence-electron chi connectivity index (χ1n) is 9.53. The normalized spacial score (nSPS) is 10.6. The summed E-state index contributed by atoms with van der Waals surface area (Å²) in [5, 5.41) is 19.2. The van der Waals surface area contributed by atoms with E-state index in [2.05, 4.69) is 15.3 Å². The molecular formula is C20H22N4O5S2. The van der Waals surface area contributed by atoms with Crippen LogP contribution >= 0.6 is 22.7 Å². The fraction of sp³-hybridized carbons (Fsp3) is 0.350. The molecule has 1 N–H and O–H groups in total. The number of thiazole rings is 2. The zero-order valence-electron chi connectivity index (χ0n) is 17.1. The number of carbonyl (C=O) groups excluding carboxylic acids is 1. The summed E-state index contributed by atoms with van der Waals surface area (Å²) in [6.45, 7) is 2.50. The monoisotopic (exact) mass is 462 g/mol. The number of carbonyl (C=O) groups is 1. The average Bonchev–Trinajstić information content (AvgIpc) is 3.42. The third-order valence-corrected chi connectivity index (χ3v) is 6.01. The highest BCUT2D eigenvalue weighted by atomic mass is 32.1. The molecule has 0 unspecified atom stereocenters. The van der Waals surface area contributed by atoms with Crippen molar-refractivity contribution in [2.45, 2.75) is 32.8 Å². The van der Waals surface area contributed by atoms with E-state index >= 15 is 0 Å². The van der Waals surface area contributed by atoms with Gasteiger partial charge in [0.15, 0.2) is 11.5 Å². The van der Waals surface area contributed by atoms with Crippen LogP contribution in [0.4, 0.5) is 5.69 Å². The molecule has 0 atom stereocenters. The van der Waals surface area contributed by atoms with E-state index in [9.17, 15) is 14.9 Å². The Morgan fingerprint density at radius 2 is 2.10 bits per heavy atom. The lowest BCUT2D eigenvalue weighted by atomic mass is 10.1. The summed E-state index contributed by atoms with van der Waals surface area (Å²) in [4.78, 5) is 32.1. The molecular weight excluding hydrogens is 440 g/mol. The first-order chi connectivity index (χ1) is 15.0. The first-order valence-corrected chi connectivity index (χ1v) is 11.4. The SMILES string of the molecule is COc1cc(C(=O)NCCCCc2nc(C)cs2)c([N+](=O)[O-])cc1OCc1cscn1. The van der Waals surface area contributed by atoms with Crippen LogP contribution in [-0.4, -0.2) is 34.5 Å². The van der Waals surface area contributed by atoms with Crippen molar-refractivity contribution >= 4 is 34.3 Å². The standard InChI is InChI=1S/C20H22N4O5S2/c1-13-10-31-19(23-13)5-3-4-6-21-20(25)15-7-17(28-2)18(8-16(15)24(26)27)29-9-14-11-30-12-22-14/h7-8,10-12H,3-6,9H2,1-2H3,(H,21,25). The van der Waals surface area contributed by atoms with E-state index in [1.54, 1.807) is 16.8 Å². The summed E-state index contributed by atoms with van der Waals surface area (Å²) < 4.78 is 10.9. The topological polar surface area (TPSA) is 116 Å². The minimum atomic E-state index is -0.602. The minimum absolute atomic E-state index is 0.0709. The molecule has 31 heavy (non-hydrogen) atoms. The van der Waals surface area contributed by atoms with Crippen molar-refractivity contribution in [3.63, 3.8) is 0 Å². The molecule has 0 fully saturated rings. The lowest BCUT2D eigenvalue weighted by Gasteiger charge is -2.12. The van der Waals surface area contributed by atoms with Gasteiger partial charge in [-0.15, -0.1) is 22.7 Å². The third kappa shape index (κ3) is 6.22. The summed E-state index contributed by atoms with van der Waals surface area (Å²) in [6.07, 6.45) is 2.44. The molecule has 0 radical (unpaired) electrons. The quantitative estimate of drug-likeness (QED) is 0.258. The van der Waals surface area contributed by atoms with Crippen molar-refractivity contribution in [3.05, 3.63) is 60.5 Å². The van der Waals surface area contributed by atoms with Gasteiger partial charge in [-0.2, -0.15) is 0 Å². The molecule has 0 aliphatic heterocycles. The average molecular weight is 463 g/mol. The molecule has 2 heterocycles. The van der Waals surface area contributed by atoms with Crippen LogP contribution in [0.2, 0.25) is 0 Å². The van der Waals surface area contributed by atoms with Gasteiger partial charge in [0.2, 0.25) is 0 Å². The Kier molecular flexibility index (Phi) is 7.90. The number of nitro groups is 1. The molecule has 1 aromatic carbocycles. The van der Waals surface area contributed by atoms with E-state index in [0.717, 1.165) is 30.0 Å². The van der Waals surface area contributed by atoms with Crippen LogP contribution in [0, 0.1) is 17.0 Å². The van der Waals surface area contributed by atoms with Gasteiger partial charge in [-0.05, 0) is 26.2 Å². The molecule has 0 aliphatic carbocycles.